The number of benzene rings is 2. The van der Waals surface area contributed by atoms with E-state index in [0.29, 0.717) is 17.1 Å². The lowest BCUT2D eigenvalue weighted by molar-refractivity contribution is -0.138. The summed E-state index contributed by atoms with van der Waals surface area (Å²) in [6.07, 6.45) is 4.31. The van der Waals surface area contributed by atoms with E-state index < -0.39 is 16.0 Å². The van der Waals surface area contributed by atoms with Crippen LogP contribution in [0, 0.1) is 6.92 Å². The van der Waals surface area contributed by atoms with Gasteiger partial charge in [-0.3, -0.25) is 0 Å². The molecule has 1 aromatic heterocycles. The van der Waals surface area contributed by atoms with Crippen LogP contribution in [-0.2, 0) is 26.1 Å². The van der Waals surface area contributed by atoms with Crippen molar-refractivity contribution in [1.82, 2.24) is 4.72 Å². The van der Waals surface area contributed by atoms with Crippen LogP contribution in [0.3, 0.4) is 0 Å². The van der Waals surface area contributed by atoms with Crippen LogP contribution in [-0.4, -0.2) is 27.6 Å². The zero-order valence-corrected chi connectivity index (χ0v) is 17.8. The number of esters is 1. The summed E-state index contributed by atoms with van der Waals surface area (Å²) >= 11 is 0. The van der Waals surface area contributed by atoms with Crippen LogP contribution >= 0.6 is 0 Å². The highest BCUT2D eigenvalue weighted by Crippen LogP contribution is 2.13. The summed E-state index contributed by atoms with van der Waals surface area (Å²) in [7, 11) is -3.66. The van der Waals surface area contributed by atoms with Crippen molar-refractivity contribution in [3.63, 3.8) is 0 Å². The van der Waals surface area contributed by atoms with E-state index >= 15 is 0 Å². The summed E-state index contributed by atoms with van der Waals surface area (Å²) in [6.45, 7) is 2.43. The third-order valence-corrected chi connectivity index (χ3v) is 5.65. The second-order valence-electron chi connectivity index (χ2n) is 6.64. The first-order valence-corrected chi connectivity index (χ1v) is 11.1. The number of carbonyl (C=O) groups excluding carboxylic acids is 1. The number of rotatable bonds is 10. The number of sulfonamides is 1. The van der Waals surface area contributed by atoms with Gasteiger partial charge >= 0.3 is 5.97 Å². The van der Waals surface area contributed by atoms with Gasteiger partial charge in [-0.15, -0.1) is 0 Å². The summed E-state index contributed by atoms with van der Waals surface area (Å²) in [5.74, 6) is 0.723. The summed E-state index contributed by atoms with van der Waals surface area (Å²) < 4.78 is 42.8. The van der Waals surface area contributed by atoms with Gasteiger partial charge in [-0.05, 0) is 55.0 Å². The highest BCUT2D eigenvalue weighted by atomic mass is 32.2. The molecular weight excluding hydrogens is 418 g/mol. The van der Waals surface area contributed by atoms with Crippen molar-refractivity contribution in [1.29, 1.82) is 0 Å². The predicted octanol–water partition coefficient (Wildman–Crippen LogP) is 3.70. The molecule has 8 heteroatoms. The lowest BCUT2D eigenvalue weighted by Gasteiger charge is -2.06. The van der Waals surface area contributed by atoms with Gasteiger partial charge < -0.3 is 13.9 Å². The highest BCUT2D eigenvalue weighted by molar-refractivity contribution is 7.89. The summed E-state index contributed by atoms with van der Waals surface area (Å²) in [4.78, 5) is 11.9. The quantitative estimate of drug-likeness (QED) is 0.293. The maximum Gasteiger partial charge on any atom is 0.330 e. The van der Waals surface area contributed by atoms with E-state index in [1.807, 2.05) is 31.2 Å². The fourth-order valence-corrected chi connectivity index (χ4v) is 3.56. The van der Waals surface area contributed by atoms with Gasteiger partial charge in [0.2, 0.25) is 10.0 Å². The van der Waals surface area contributed by atoms with Crippen LogP contribution in [0.5, 0.6) is 5.75 Å². The van der Waals surface area contributed by atoms with Crippen molar-refractivity contribution in [3.05, 3.63) is 89.9 Å². The van der Waals surface area contributed by atoms with E-state index in [1.165, 1.54) is 24.5 Å². The number of furan rings is 1. The van der Waals surface area contributed by atoms with Gasteiger partial charge in [0.25, 0.3) is 0 Å². The van der Waals surface area contributed by atoms with Crippen molar-refractivity contribution < 1.29 is 27.1 Å². The van der Waals surface area contributed by atoms with Crippen LogP contribution < -0.4 is 9.46 Å². The molecule has 0 saturated heterocycles. The number of carbonyl (C=O) groups is 1. The molecule has 1 N–H and O–H groups in total. The lowest BCUT2D eigenvalue weighted by Crippen LogP contribution is -2.22. The number of aryl methyl sites for hydroxylation is 1. The Morgan fingerprint density at radius 2 is 1.77 bits per heavy atom. The molecule has 0 bridgehead atoms. The minimum absolute atomic E-state index is 0.0659. The van der Waals surface area contributed by atoms with Gasteiger partial charge in [0, 0.05) is 6.08 Å². The maximum absolute atomic E-state index is 12.3. The van der Waals surface area contributed by atoms with Gasteiger partial charge in [0.05, 0.1) is 17.7 Å². The van der Waals surface area contributed by atoms with Crippen LogP contribution in [0.25, 0.3) is 6.08 Å². The molecule has 0 spiro atoms. The Balaban J connectivity index is 1.43. The molecule has 3 aromatic rings. The topological polar surface area (TPSA) is 94.8 Å². The standard InChI is InChI=1S/C23H23NO6S/c1-18-4-9-20(10-5-18)29-15-16-30-23(25)13-8-19-6-11-22(12-7-19)31(26,27)24-17-21-3-2-14-28-21/h2-14,24H,15-17H2,1H3/b13-8+. The first-order chi connectivity index (χ1) is 14.9. The molecule has 31 heavy (non-hydrogen) atoms. The van der Waals surface area contributed by atoms with E-state index in [2.05, 4.69) is 4.72 Å². The van der Waals surface area contributed by atoms with Crippen LogP contribution in [0.15, 0.2) is 82.3 Å². The molecule has 162 valence electrons. The lowest BCUT2D eigenvalue weighted by atomic mass is 10.2. The molecule has 0 aliphatic rings. The van der Waals surface area contributed by atoms with Gasteiger partial charge in [-0.25, -0.2) is 17.9 Å². The van der Waals surface area contributed by atoms with E-state index in [0.717, 1.165) is 5.56 Å². The Morgan fingerprint density at radius 3 is 2.45 bits per heavy atom. The van der Waals surface area contributed by atoms with E-state index in [4.69, 9.17) is 13.9 Å². The Hall–Kier alpha value is -3.36. The highest BCUT2D eigenvalue weighted by Gasteiger charge is 2.14. The molecule has 0 aliphatic carbocycles. The van der Waals surface area contributed by atoms with Crippen molar-refractivity contribution in [3.8, 4) is 5.75 Å². The average molecular weight is 442 g/mol. The maximum atomic E-state index is 12.3. The Bertz CT molecular complexity index is 1100. The van der Waals surface area contributed by atoms with Gasteiger partial charge in [0.1, 0.15) is 24.7 Å². The van der Waals surface area contributed by atoms with Crippen molar-refractivity contribution in [2.24, 2.45) is 0 Å². The Labute approximate surface area is 181 Å². The molecule has 0 fully saturated rings. The molecule has 0 radical (unpaired) electrons. The number of ether oxygens (including phenoxy) is 2. The predicted molar refractivity (Wildman–Crippen MR) is 116 cm³/mol. The monoisotopic (exact) mass is 441 g/mol. The molecule has 0 amide bonds. The minimum atomic E-state index is -3.66. The smallest absolute Gasteiger partial charge is 0.330 e. The minimum Gasteiger partial charge on any atom is -0.490 e. The molecule has 3 rings (SSSR count). The fourth-order valence-electron chi connectivity index (χ4n) is 2.57. The summed E-state index contributed by atoms with van der Waals surface area (Å²) in [6, 6.07) is 17.1. The van der Waals surface area contributed by atoms with E-state index in [-0.39, 0.29) is 24.7 Å². The van der Waals surface area contributed by atoms with E-state index in [1.54, 1.807) is 30.3 Å². The van der Waals surface area contributed by atoms with Gasteiger partial charge in [-0.2, -0.15) is 0 Å². The second-order valence-corrected chi connectivity index (χ2v) is 8.40. The van der Waals surface area contributed by atoms with Crippen LogP contribution in [0.1, 0.15) is 16.9 Å². The van der Waals surface area contributed by atoms with Crippen molar-refractivity contribution in [2.75, 3.05) is 13.2 Å². The third-order valence-electron chi connectivity index (χ3n) is 4.24. The molecule has 0 aliphatic heterocycles. The van der Waals surface area contributed by atoms with E-state index in [9.17, 15) is 13.2 Å². The average Bonchev–Trinajstić information content (AvgIpc) is 3.29. The molecular formula is C23H23NO6S. The summed E-state index contributed by atoms with van der Waals surface area (Å²) in [5.41, 5.74) is 1.80. The number of nitrogens with one attached hydrogen (secondary N) is 1. The number of hydrogen-bond donors (Lipinski definition) is 1. The van der Waals surface area contributed by atoms with Gasteiger partial charge in [-0.1, -0.05) is 29.8 Å². The molecule has 0 saturated carbocycles. The molecule has 0 atom stereocenters. The normalized spacial score (nSPS) is 11.5. The second kappa shape index (κ2) is 10.6. The van der Waals surface area contributed by atoms with Crippen LogP contribution in [0.2, 0.25) is 0 Å². The zero-order valence-electron chi connectivity index (χ0n) is 17.0. The molecule has 7 nitrogen and oxygen atoms in total. The number of hydrogen-bond acceptors (Lipinski definition) is 6. The van der Waals surface area contributed by atoms with Crippen molar-refractivity contribution >= 4 is 22.1 Å². The largest absolute Gasteiger partial charge is 0.490 e. The Morgan fingerprint density at radius 1 is 1.03 bits per heavy atom. The Kier molecular flexibility index (Phi) is 7.64. The SMILES string of the molecule is Cc1ccc(OCCOC(=O)/C=C/c2ccc(S(=O)(=O)NCc3ccco3)cc2)cc1. The fraction of sp³-hybridized carbons (Fsp3) is 0.174. The van der Waals surface area contributed by atoms with Crippen LogP contribution in [0.4, 0.5) is 0 Å². The first-order valence-electron chi connectivity index (χ1n) is 9.59. The third kappa shape index (κ3) is 7.13. The summed E-state index contributed by atoms with van der Waals surface area (Å²) in [5, 5.41) is 0. The molecule has 0 unspecified atom stereocenters. The van der Waals surface area contributed by atoms with Gasteiger partial charge in [0.15, 0.2) is 0 Å². The molecule has 2 aromatic carbocycles. The first kappa shape index (κ1) is 22.3. The molecule has 1 heterocycles. The zero-order chi connectivity index (χ0) is 22.1. The van der Waals surface area contributed by atoms with Crippen molar-refractivity contribution in [2.45, 2.75) is 18.4 Å².